The number of rotatable bonds is 13. The Kier molecular flexibility index (Phi) is 11.5. The number of aromatic nitrogens is 4. The number of benzene rings is 1. The normalized spacial score (nSPS) is 22.3. The maximum atomic E-state index is 13.6. The zero-order valence-corrected chi connectivity index (χ0v) is 29.0. The topological polar surface area (TPSA) is 265 Å². The maximum absolute atomic E-state index is 13.6. The minimum atomic E-state index is -5.76. The summed E-state index contributed by atoms with van der Waals surface area (Å²) in [5, 5.41) is -0.107. The molecule has 1 aromatic carbocycles. The van der Waals surface area contributed by atoms with Gasteiger partial charge in [0.15, 0.2) is 11.5 Å². The first-order valence-electron chi connectivity index (χ1n) is 13.2. The Balaban J connectivity index is 1.57. The minimum absolute atomic E-state index is 0.0299. The Morgan fingerprint density at radius 2 is 1.80 bits per heavy atom. The van der Waals surface area contributed by atoms with Crippen molar-refractivity contribution in [2.75, 3.05) is 12.3 Å². The monoisotopic (exact) mass is 743 g/mol. The van der Waals surface area contributed by atoms with Crippen LogP contribution in [-0.2, 0) is 36.3 Å². The van der Waals surface area contributed by atoms with Crippen LogP contribution in [0.1, 0.15) is 61.5 Å². The van der Waals surface area contributed by atoms with Crippen molar-refractivity contribution in [3.05, 3.63) is 48.0 Å². The van der Waals surface area contributed by atoms with E-state index in [0.29, 0.717) is 5.56 Å². The summed E-state index contributed by atoms with van der Waals surface area (Å²) in [6.45, 7) is 7.31. The van der Waals surface area contributed by atoms with E-state index in [4.69, 9.17) is 29.5 Å². The molecule has 1 saturated heterocycles. The third-order valence-electron chi connectivity index (χ3n) is 6.02. The molecule has 46 heavy (non-hydrogen) atoms. The third kappa shape index (κ3) is 10.1. The molecule has 254 valence electrons. The smallest absolute Gasteiger partial charge is 0.456 e. The van der Waals surface area contributed by atoms with Crippen LogP contribution in [0.5, 0.6) is 0 Å². The molecule has 6 atom stereocenters. The van der Waals surface area contributed by atoms with Gasteiger partial charge in [-0.25, -0.2) is 33.4 Å². The van der Waals surface area contributed by atoms with Crippen LogP contribution >= 0.6 is 45.1 Å². The molecule has 2 aromatic heterocycles. The van der Waals surface area contributed by atoms with E-state index in [2.05, 4.69) is 44.3 Å². The van der Waals surface area contributed by atoms with Gasteiger partial charge in [-0.1, -0.05) is 60.6 Å². The van der Waals surface area contributed by atoms with Gasteiger partial charge in [-0.15, -0.1) is 0 Å². The molecule has 1 fully saturated rings. The van der Waals surface area contributed by atoms with Crippen LogP contribution in [0.2, 0.25) is 0 Å². The molecule has 23 heteroatoms. The molecular weight excluding hydrogens is 711 g/mol. The number of nitrogens with zero attached hydrogens (tertiary/aromatic N) is 4. The lowest BCUT2D eigenvalue weighted by Gasteiger charge is -2.23. The quantitative estimate of drug-likeness (QED) is 0.0916. The number of fused-ring (bicyclic) bond motifs is 1. The van der Waals surface area contributed by atoms with Gasteiger partial charge in [0.25, 0.3) is 0 Å². The van der Waals surface area contributed by atoms with Crippen molar-refractivity contribution in [2.45, 2.75) is 62.5 Å². The summed E-state index contributed by atoms with van der Waals surface area (Å²) in [5.41, 5.74) is 7.42. The van der Waals surface area contributed by atoms with E-state index in [1.54, 1.807) is 45.9 Å². The van der Waals surface area contributed by atoms with Crippen molar-refractivity contribution < 1.29 is 60.7 Å². The van der Waals surface area contributed by atoms with E-state index < -0.39 is 54.5 Å². The zero-order chi connectivity index (χ0) is 34.1. The number of carbonyl (C=O) groups excluding carboxylic acids is 1. The number of hydrogen-bond donors (Lipinski definition) is 5. The lowest BCUT2D eigenvalue weighted by Crippen LogP contribution is -2.31. The van der Waals surface area contributed by atoms with Crippen LogP contribution < -0.4 is 5.73 Å². The van der Waals surface area contributed by atoms with Crippen molar-refractivity contribution >= 4 is 68.0 Å². The van der Waals surface area contributed by atoms with E-state index in [1.165, 1.54) is 17.2 Å². The maximum Gasteiger partial charge on any atom is 0.490 e. The number of imidazole rings is 1. The zero-order valence-electron chi connectivity index (χ0n) is 24.7. The molecule has 0 amide bonds. The highest BCUT2D eigenvalue weighted by Gasteiger charge is 2.44. The lowest BCUT2D eigenvalue weighted by atomic mass is 10.0. The number of nitrogens with two attached hydrogens (primary N) is 1. The predicted octanol–water partition coefficient (Wildman–Crippen LogP) is 4.51. The second-order valence-corrected chi connectivity index (χ2v) is 18.6. The van der Waals surface area contributed by atoms with Gasteiger partial charge in [0, 0.05) is 16.4 Å². The number of nitrogen functional groups attached to an aromatic ring is 1. The summed E-state index contributed by atoms with van der Waals surface area (Å²) in [7, 11) is -13.6. The van der Waals surface area contributed by atoms with Gasteiger partial charge in [-0.05, 0) is 18.6 Å². The van der Waals surface area contributed by atoms with Gasteiger partial charge in [-0.2, -0.15) is 8.62 Å². The summed E-state index contributed by atoms with van der Waals surface area (Å²) >= 11 is 0. The summed E-state index contributed by atoms with van der Waals surface area (Å²) in [4.78, 5) is 62.8. The van der Waals surface area contributed by atoms with Crippen LogP contribution in [0.15, 0.2) is 36.9 Å². The van der Waals surface area contributed by atoms with Crippen LogP contribution in [-0.4, -0.2) is 68.6 Å². The van der Waals surface area contributed by atoms with Crippen molar-refractivity contribution in [1.82, 2.24) is 19.5 Å². The Bertz CT molecular complexity index is 1720. The number of phosphoric ester groups is 1. The number of esters is 1. The highest BCUT2D eigenvalue weighted by Crippen LogP contribution is 2.66. The molecule has 3 heterocycles. The van der Waals surface area contributed by atoms with Gasteiger partial charge in [-0.3, -0.25) is 9.09 Å². The summed E-state index contributed by atoms with van der Waals surface area (Å²) in [5.74, 6) is -0.620. The molecule has 4 unspecified atom stereocenters. The fourth-order valence-electron chi connectivity index (χ4n) is 4.20. The number of ether oxygens (including phenoxy) is 2. The second kappa shape index (κ2) is 14.3. The first-order valence-corrected chi connectivity index (χ1v) is 20.0. The van der Waals surface area contributed by atoms with Crippen LogP contribution in [0.3, 0.4) is 0 Å². The van der Waals surface area contributed by atoms with Crippen LogP contribution in [0.25, 0.3) is 11.2 Å². The van der Waals surface area contributed by atoms with Crippen molar-refractivity contribution in [1.29, 1.82) is 0 Å². The molecule has 0 saturated carbocycles. The Hall–Kier alpha value is -1.89. The Labute approximate surface area is 270 Å². The van der Waals surface area contributed by atoms with Crippen molar-refractivity contribution in [3.63, 3.8) is 0 Å². The first-order chi connectivity index (χ1) is 21.2. The molecule has 6 N–H and O–H groups in total. The van der Waals surface area contributed by atoms with Crippen LogP contribution in [0, 0.1) is 0 Å². The largest absolute Gasteiger partial charge is 0.490 e. The van der Waals surface area contributed by atoms with Gasteiger partial charge in [0.05, 0.1) is 18.5 Å². The Morgan fingerprint density at radius 3 is 2.48 bits per heavy atom. The van der Waals surface area contributed by atoms with Crippen molar-refractivity contribution in [2.24, 2.45) is 0 Å². The molecule has 4 rings (SSSR count). The second-order valence-electron chi connectivity index (χ2n) is 10.8. The molecule has 18 nitrogen and oxygen atoms in total. The minimum Gasteiger partial charge on any atom is -0.456 e. The molecule has 0 bridgehead atoms. The Morgan fingerprint density at radius 1 is 1.11 bits per heavy atom. The molecule has 0 spiro atoms. The van der Waals surface area contributed by atoms with E-state index >= 15 is 0 Å². The SMILES string of the molecule is CC(SSC(C)(C)C)c1ccccc1C(=O)OC1C[C@H](n2cnc3c(N)ncnc32)O[C@@H]1COP(=O)(O)OP(=O)(O)OP(=O)(O)O. The van der Waals surface area contributed by atoms with E-state index in [-0.39, 0.29) is 39.0 Å². The fraction of sp³-hybridized carbons (Fsp3) is 0.478. The van der Waals surface area contributed by atoms with E-state index in [1.807, 2.05) is 6.92 Å². The molecule has 0 aliphatic carbocycles. The summed E-state index contributed by atoms with van der Waals surface area (Å²) < 4.78 is 60.8. The first kappa shape index (κ1) is 36.9. The predicted molar refractivity (Wildman–Crippen MR) is 167 cm³/mol. The molecule has 3 aromatic rings. The molecule has 0 radical (unpaired) electrons. The molecule has 1 aliphatic heterocycles. The fourth-order valence-corrected chi connectivity index (χ4v) is 9.59. The highest BCUT2D eigenvalue weighted by molar-refractivity contribution is 8.77. The number of anilines is 1. The van der Waals surface area contributed by atoms with Gasteiger partial charge in [0.2, 0.25) is 0 Å². The van der Waals surface area contributed by atoms with Gasteiger partial charge < -0.3 is 34.8 Å². The van der Waals surface area contributed by atoms with Gasteiger partial charge in [0.1, 0.15) is 30.3 Å². The molecular formula is C23H32N5O13P3S2. The number of hydrogen-bond acceptors (Lipinski definition) is 15. The summed E-state index contributed by atoms with van der Waals surface area (Å²) in [6.07, 6.45) is -0.765. The number of phosphoric acid groups is 3. The number of carbonyl (C=O) groups is 1. The van der Waals surface area contributed by atoms with E-state index in [9.17, 15) is 28.3 Å². The lowest BCUT2D eigenvalue weighted by molar-refractivity contribution is -0.0490. The standard InChI is InChI=1S/C23H32N5O13P3S2/c1-13(45-46-23(2,3)4)14-7-5-6-8-15(14)22(29)39-16-9-18(28-12-27-19-20(24)25-11-26-21(19)28)38-17(16)10-37-43(33,34)41-44(35,36)40-42(30,31)32/h5-8,11-13,16-18H,9-10H2,1-4H3,(H,33,34)(H,35,36)(H2,24,25,26)(H2,30,31,32)/t13?,16?,17-,18-/m1/s1. The summed E-state index contributed by atoms with van der Waals surface area (Å²) in [6, 6.07) is 6.88. The van der Waals surface area contributed by atoms with Crippen LogP contribution in [0.4, 0.5) is 5.82 Å². The molecule has 1 aliphatic rings. The van der Waals surface area contributed by atoms with Gasteiger partial charge >= 0.3 is 29.4 Å². The third-order valence-corrected chi connectivity index (χ3v) is 13.6. The average Bonchev–Trinajstić information content (AvgIpc) is 3.53. The van der Waals surface area contributed by atoms with Crippen molar-refractivity contribution in [3.8, 4) is 0 Å². The average molecular weight is 744 g/mol. The highest BCUT2D eigenvalue weighted by atomic mass is 33.1. The van der Waals surface area contributed by atoms with E-state index in [0.717, 1.165) is 0 Å².